The van der Waals surface area contributed by atoms with Gasteiger partial charge in [0.05, 0.1) is 32.3 Å². The fourth-order valence-electron chi connectivity index (χ4n) is 5.59. The highest BCUT2D eigenvalue weighted by Gasteiger charge is 2.68. The van der Waals surface area contributed by atoms with E-state index in [0.29, 0.717) is 3.91 Å². The molecule has 120 valence electrons. The van der Waals surface area contributed by atoms with Crippen LogP contribution < -0.4 is 0 Å². The van der Waals surface area contributed by atoms with E-state index >= 15 is 0 Å². The van der Waals surface area contributed by atoms with Crippen LogP contribution in [0.25, 0.3) is 0 Å². The van der Waals surface area contributed by atoms with Crippen LogP contribution in [0, 0.1) is 0 Å². The number of hydrogen-bond acceptors (Lipinski definition) is 0. The molecule has 0 bridgehead atoms. The summed E-state index contributed by atoms with van der Waals surface area (Å²) >= 11 is 0. The van der Waals surface area contributed by atoms with Gasteiger partial charge in [-0.2, -0.15) is 0 Å². The van der Waals surface area contributed by atoms with Crippen molar-refractivity contribution in [2.45, 2.75) is 56.3 Å². The smallest absolute Gasteiger partial charge is 0.0702 e. The topological polar surface area (TPSA) is 0 Å². The molecule has 0 aromatic rings. The molecule has 0 amide bonds. The van der Waals surface area contributed by atoms with E-state index in [1.165, 1.54) is 0 Å². The molecular formula is C17H36Si4. The summed E-state index contributed by atoms with van der Waals surface area (Å²) < 4.78 is 0.368. The van der Waals surface area contributed by atoms with E-state index in [1.54, 1.807) is 0 Å². The minimum absolute atomic E-state index is 0.368. The van der Waals surface area contributed by atoms with Crippen LogP contribution in [-0.2, 0) is 0 Å². The lowest BCUT2D eigenvalue weighted by Gasteiger charge is -2.65. The number of rotatable bonds is 8. The van der Waals surface area contributed by atoms with Gasteiger partial charge in [0.2, 0.25) is 0 Å². The second kappa shape index (κ2) is 6.14. The molecule has 0 aromatic carbocycles. The van der Waals surface area contributed by atoms with Crippen LogP contribution in [-0.4, -0.2) is 32.3 Å². The lowest BCUT2D eigenvalue weighted by molar-refractivity contribution is 1.22. The van der Waals surface area contributed by atoms with Gasteiger partial charge >= 0.3 is 0 Å². The zero-order valence-corrected chi connectivity index (χ0v) is 19.6. The molecule has 0 aliphatic carbocycles. The molecule has 0 spiro atoms. The SMILES string of the molecule is C=C[Si](C)(C)C([Si](C)(C)C=C)([Si](C)(C)C=C)[Si](C)(C)C=C. The van der Waals surface area contributed by atoms with Gasteiger partial charge in [0.1, 0.15) is 0 Å². The zero-order valence-electron chi connectivity index (χ0n) is 15.6. The Morgan fingerprint density at radius 3 is 0.714 bits per heavy atom. The summed E-state index contributed by atoms with van der Waals surface area (Å²) in [5.41, 5.74) is 9.28. The van der Waals surface area contributed by atoms with Crippen LogP contribution in [0.1, 0.15) is 0 Å². The van der Waals surface area contributed by atoms with Crippen LogP contribution in [0.5, 0.6) is 0 Å². The van der Waals surface area contributed by atoms with Gasteiger partial charge in [-0.05, 0) is 3.91 Å². The summed E-state index contributed by atoms with van der Waals surface area (Å²) in [6.07, 6.45) is 0. The lowest BCUT2D eigenvalue weighted by Crippen LogP contribution is -2.76. The van der Waals surface area contributed by atoms with Crippen LogP contribution in [0.4, 0.5) is 0 Å². The van der Waals surface area contributed by atoms with E-state index in [9.17, 15) is 0 Å². The van der Waals surface area contributed by atoms with Gasteiger partial charge in [-0.3, -0.25) is 0 Å². The van der Waals surface area contributed by atoms with Gasteiger partial charge in [-0.15, -0.1) is 49.1 Å². The Morgan fingerprint density at radius 2 is 0.619 bits per heavy atom. The maximum Gasteiger partial charge on any atom is 0.0702 e. The Hall–Kier alpha value is -0.172. The van der Waals surface area contributed by atoms with Gasteiger partial charge in [-0.25, -0.2) is 0 Å². The molecule has 0 aliphatic rings. The largest absolute Gasteiger partial charge is 0.107 e. The highest BCUT2D eigenvalue weighted by Crippen LogP contribution is 2.60. The van der Waals surface area contributed by atoms with Gasteiger partial charge in [0.15, 0.2) is 0 Å². The maximum atomic E-state index is 4.27. The third-order valence-electron chi connectivity index (χ3n) is 5.91. The average molecular weight is 353 g/mol. The van der Waals surface area contributed by atoms with E-state index in [4.69, 9.17) is 0 Å². The molecule has 0 saturated carbocycles. The van der Waals surface area contributed by atoms with E-state index in [0.717, 1.165) is 0 Å². The fraction of sp³-hybridized carbons (Fsp3) is 0.529. The average Bonchev–Trinajstić information content (AvgIpc) is 2.37. The highest BCUT2D eigenvalue weighted by atomic mass is 28.5. The minimum Gasteiger partial charge on any atom is -0.107 e. The second-order valence-corrected chi connectivity index (χ2v) is 29.9. The molecule has 0 fully saturated rings. The van der Waals surface area contributed by atoms with Gasteiger partial charge < -0.3 is 0 Å². The first kappa shape index (κ1) is 20.8. The highest BCUT2D eigenvalue weighted by molar-refractivity contribution is 7.33. The van der Waals surface area contributed by atoms with Crippen molar-refractivity contribution in [2.75, 3.05) is 0 Å². The first-order chi connectivity index (χ1) is 9.24. The van der Waals surface area contributed by atoms with Crippen molar-refractivity contribution in [3.05, 3.63) is 49.1 Å². The van der Waals surface area contributed by atoms with Crippen LogP contribution in [0.2, 0.25) is 56.3 Å². The molecule has 0 N–H and O–H groups in total. The molecule has 0 aromatic heterocycles. The standard InChI is InChI=1S/C17H36Si4/c1-13-18(5,6)17(19(7,8)14-2,20(9,10)15-3)21(11,12)16-4/h13-16H,1-4H2,5-12H3. The minimum atomic E-state index is -1.69. The van der Waals surface area contributed by atoms with Crippen molar-refractivity contribution in [2.24, 2.45) is 0 Å². The van der Waals surface area contributed by atoms with Crippen LogP contribution in [0.3, 0.4) is 0 Å². The molecule has 0 unspecified atom stereocenters. The first-order valence-electron chi connectivity index (χ1n) is 7.79. The molecule has 0 rings (SSSR count). The van der Waals surface area contributed by atoms with Crippen LogP contribution in [0.15, 0.2) is 49.1 Å². The first-order valence-corrected chi connectivity index (χ1v) is 20.1. The van der Waals surface area contributed by atoms with Gasteiger partial charge in [0, 0.05) is 0 Å². The molecule has 0 heterocycles. The molecule has 0 atom stereocenters. The van der Waals surface area contributed by atoms with Crippen molar-refractivity contribution < 1.29 is 0 Å². The van der Waals surface area contributed by atoms with Gasteiger partial charge in [-0.1, -0.05) is 52.4 Å². The Morgan fingerprint density at radius 1 is 0.476 bits per heavy atom. The number of hydrogen-bond donors (Lipinski definition) is 0. The summed E-state index contributed by atoms with van der Waals surface area (Å²) in [7, 11) is -6.76. The van der Waals surface area contributed by atoms with E-state index in [-0.39, 0.29) is 0 Å². The van der Waals surface area contributed by atoms with Crippen molar-refractivity contribution >= 4 is 32.3 Å². The fourth-order valence-corrected chi connectivity index (χ4v) is 50.3. The quantitative estimate of drug-likeness (QED) is 0.464. The molecule has 4 heteroatoms. The monoisotopic (exact) mass is 352 g/mol. The van der Waals surface area contributed by atoms with E-state index in [1.807, 2.05) is 0 Å². The predicted molar refractivity (Wildman–Crippen MR) is 113 cm³/mol. The van der Waals surface area contributed by atoms with E-state index in [2.05, 4.69) is 101 Å². The summed E-state index contributed by atoms with van der Waals surface area (Å²) in [6.45, 7) is 37.1. The molecule has 0 aliphatic heterocycles. The van der Waals surface area contributed by atoms with Crippen molar-refractivity contribution in [1.82, 2.24) is 0 Å². The third-order valence-corrected chi connectivity index (χ3v) is 40.9. The maximum absolute atomic E-state index is 4.27. The Kier molecular flexibility index (Phi) is 6.09. The predicted octanol–water partition coefficient (Wildman–Crippen LogP) is 6.08. The molecule has 0 nitrogen and oxygen atoms in total. The summed E-state index contributed by atoms with van der Waals surface area (Å²) in [6, 6.07) is 0. The van der Waals surface area contributed by atoms with Crippen molar-refractivity contribution in [3.8, 4) is 0 Å². The van der Waals surface area contributed by atoms with Crippen LogP contribution >= 0.6 is 0 Å². The molecule has 0 radical (unpaired) electrons. The van der Waals surface area contributed by atoms with Gasteiger partial charge in [0.25, 0.3) is 0 Å². The third kappa shape index (κ3) is 2.75. The zero-order chi connectivity index (χ0) is 17.3. The summed E-state index contributed by atoms with van der Waals surface area (Å²) in [5, 5.41) is 0. The van der Waals surface area contributed by atoms with Crippen molar-refractivity contribution in [3.63, 3.8) is 0 Å². The second-order valence-electron chi connectivity index (χ2n) is 8.45. The lowest BCUT2D eigenvalue weighted by atomic mass is 11.2. The van der Waals surface area contributed by atoms with E-state index < -0.39 is 32.3 Å². The Labute approximate surface area is 137 Å². The summed E-state index contributed by atoms with van der Waals surface area (Å²) in [5.74, 6) is 0. The summed E-state index contributed by atoms with van der Waals surface area (Å²) in [4.78, 5) is 0. The Balaban J connectivity index is 7.17. The molecule has 0 saturated heterocycles. The Bertz CT molecular complexity index is 356. The normalized spacial score (nSPS) is 14.5. The molecular weight excluding hydrogens is 317 g/mol. The van der Waals surface area contributed by atoms with Crippen molar-refractivity contribution in [1.29, 1.82) is 0 Å². The molecule has 21 heavy (non-hydrogen) atoms.